The number of nitrogens with one attached hydrogen (secondary N) is 1. The van der Waals surface area contributed by atoms with Gasteiger partial charge in [0.1, 0.15) is 0 Å². The summed E-state index contributed by atoms with van der Waals surface area (Å²) in [6, 6.07) is 5.54. The maximum Gasteiger partial charge on any atom is 0.252 e. The highest BCUT2D eigenvalue weighted by Crippen LogP contribution is 2.28. The molecule has 0 saturated carbocycles. The number of carbonyl (C=O) groups excluding carboxylic acids is 1. The van der Waals surface area contributed by atoms with E-state index >= 15 is 0 Å². The summed E-state index contributed by atoms with van der Waals surface area (Å²) in [5.41, 5.74) is 10.1. The van der Waals surface area contributed by atoms with Gasteiger partial charge in [0.15, 0.2) is 0 Å². The molecule has 2 aromatic rings. The van der Waals surface area contributed by atoms with Crippen LogP contribution >= 0.6 is 0 Å². The number of hydrogen-bond donors (Lipinski definition) is 2. The molecule has 1 aliphatic heterocycles. The van der Waals surface area contributed by atoms with Crippen LogP contribution in [0.25, 0.3) is 10.9 Å². The molecule has 1 aliphatic rings. The molecule has 1 amide bonds. The van der Waals surface area contributed by atoms with Gasteiger partial charge in [0.2, 0.25) is 0 Å². The van der Waals surface area contributed by atoms with Crippen LogP contribution < -0.4 is 11.1 Å². The Morgan fingerprint density at radius 3 is 3.00 bits per heavy atom. The van der Waals surface area contributed by atoms with Crippen molar-refractivity contribution in [2.24, 2.45) is 0 Å². The molecule has 0 radical (unpaired) electrons. The van der Waals surface area contributed by atoms with Gasteiger partial charge < -0.3 is 16.0 Å². The summed E-state index contributed by atoms with van der Waals surface area (Å²) in [6.45, 7) is 1.71. The average molecular weight is 270 g/mol. The van der Waals surface area contributed by atoms with Crippen LogP contribution in [0.15, 0.2) is 18.2 Å². The number of carbonyl (C=O) groups is 1. The van der Waals surface area contributed by atoms with Crippen LogP contribution in [-0.2, 0) is 13.0 Å². The van der Waals surface area contributed by atoms with E-state index in [2.05, 4.69) is 17.3 Å². The highest BCUT2D eigenvalue weighted by Gasteiger charge is 2.23. The van der Waals surface area contributed by atoms with E-state index in [0.717, 1.165) is 41.7 Å². The lowest BCUT2D eigenvalue weighted by Crippen LogP contribution is -2.31. The third-order valence-electron chi connectivity index (χ3n) is 3.81. The number of benzene rings is 1. The first-order valence-corrected chi connectivity index (χ1v) is 6.71. The minimum Gasteiger partial charge on any atom is -0.399 e. The minimum absolute atomic E-state index is 0.0745. The van der Waals surface area contributed by atoms with Crippen molar-refractivity contribution in [1.29, 1.82) is 0 Å². The van der Waals surface area contributed by atoms with Crippen LogP contribution in [0.2, 0.25) is 0 Å². The Morgan fingerprint density at radius 2 is 2.25 bits per heavy atom. The number of rotatable bonds is 1. The average Bonchev–Trinajstić information content (AvgIpc) is 2.44. The van der Waals surface area contributed by atoms with Gasteiger partial charge in [-0.05, 0) is 25.2 Å². The van der Waals surface area contributed by atoms with Crippen molar-refractivity contribution in [2.45, 2.75) is 13.0 Å². The van der Waals surface area contributed by atoms with Crippen LogP contribution in [0.4, 0.5) is 5.69 Å². The molecule has 5 nitrogen and oxygen atoms in total. The lowest BCUT2D eigenvalue weighted by molar-refractivity contribution is 0.0962. The molecule has 0 spiro atoms. The van der Waals surface area contributed by atoms with E-state index in [4.69, 9.17) is 10.7 Å². The Balaban J connectivity index is 2.35. The first-order chi connectivity index (χ1) is 9.60. The zero-order chi connectivity index (χ0) is 14.3. The molecular formula is C15H18N4O. The van der Waals surface area contributed by atoms with Gasteiger partial charge in [-0.15, -0.1) is 0 Å². The van der Waals surface area contributed by atoms with Gasteiger partial charge in [-0.25, -0.2) is 0 Å². The van der Waals surface area contributed by atoms with Gasteiger partial charge in [0.25, 0.3) is 5.91 Å². The third kappa shape index (κ3) is 2.00. The van der Waals surface area contributed by atoms with E-state index < -0.39 is 0 Å². The Hall–Kier alpha value is -2.14. The van der Waals surface area contributed by atoms with Crippen LogP contribution in [-0.4, -0.2) is 36.4 Å². The number of fused-ring (bicyclic) bond motifs is 2. The molecule has 0 bridgehead atoms. The van der Waals surface area contributed by atoms with E-state index in [1.807, 2.05) is 18.2 Å². The second-order valence-corrected chi connectivity index (χ2v) is 5.26. The maximum atomic E-state index is 12.3. The summed E-state index contributed by atoms with van der Waals surface area (Å²) in [7, 11) is 3.71. The van der Waals surface area contributed by atoms with E-state index in [1.54, 1.807) is 7.05 Å². The Morgan fingerprint density at radius 1 is 1.45 bits per heavy atom. The molecule has 3 N–H and O–H groups in total. The second-order valence-electron chi connectivity index (χ2n) is 5.26. The van der Waals surface area contributed by atoms with Gasteiger partial charge in [-0.2, -0.15) is 0 Å². The fourth-order valence-electron chi connectivity index (χ4n) is 2.78. The summed E-state index contributed by atoms with van der Waals surface area (Å²) in [5.74, 6) is -0.0745. The number of aromatic nitrogens is 1. The molecule has 0 aliphatic carbocycles. The number of anilines is 1. The van der Waals surface area contributed by atoms with Gasteiger partial charge in [0, 0.05) is 48.9 Å². The van der Waals surface area contributed by atoms with E-state index in [9.17, 15) is 4.79 Å². The summed E-state index contributed by atoms with van der Waals surface area (Å²) >= 11 is 0. The molecule has 0 fully saturated rings. The predicted molar refractivity (Wildman–Crippen MR) is 79.6 cm³/mol. The summed E-state index contributed by atoms with van der Waals surface area (Å²) < 4.78 is 0. The largest absolute Gasteiger partial charge is 0.399 e. The molecule has 1 aromatic carbocycles. The molecule has 0 saturated heterocycles. The summed E-state index contributed by atoms with van der Waals surface area (Å²) in [6.07, 6.45) is 0.871. The first kappa shape index (κ1) is 12.9. The van der Waals surface area contributed by atoms with Crippen LogP contribution in [0.3, 0.4) is 0 Å². The van der Waals surface area contributed by atoms with E-state index in [0.29, 0.717) is 11.3 Å². The fourth-order valence-corrected chi connectivity index (χ4v) is 2.78. The lowest BCUT2D eigenvalue weighted by atomic mass is 9.95. The molecular weight excluding hydrogens is 252 g/mol. The smallest absolute Gasteiger partial charge is 0.252 e. The number of nitrogen functional groups attached to an aromatic ring is 1. The first-order valence-electron chi connectivity index (χ1n) is 6.71. The highest BCUT2D eigenvalue weighted by molar-refractivity contribution is 6.08. The van der Waals surface area contributed by atoms with Crippen molar-refractivity contribution >= 4 is 22.5 Å². The molecule has 0 unspecified atom stereocenters. The molecule has 20 heavy (non-hydrogen) atoms. The fraction of sp³-hybridized carbons (Fsp3) is 0.333. The zero-order valence-corrected chi connectivity index (χ0v) is 11.7. The number of hydrogen-bond acceptors (Lipinski definition) is 4. The number of pyridine rings is 1. The standard InChI is InChI=1S/C15H18N4O/c1-17-15(20)14-10-7-9(16)3-4-12(10)18-13-5-6-19(2)8-11(13)14/h3-4,7H,5-6,8,16H2,1-2H3,(H,17,20). The molecule has 5 heteroatoms. The minimum atomic E-state index is -0.0745. The number of amides is 1. The number of nitrogens with zero attached hydrogens (tertiary/aromatic N) is 2. The monoisotopic (exact) mass is 270 g/mol. The number of likely N-dealkylation sites (N-methyl/N-ethyl adjacent to an activating group) is 1. The molecule has 3 rings (SSSR count). The zero-order valence-electron chi connectivity index (χ0n) is 11.7. The van der Waals surface area contributed by atoms with Crippen molar-refractivity contribution in [2.75, 3.05) is 26.4 Å². The summed E-state index contributed by atoms with van der Waals surface area (Å²) in [5, 5.41) is 3.56. The van der Waals surface area contributed by atoms with Gasteiger partial charge in [0.05, 0.1) is 11.1 Å². The normalized spacial score (nSPS) is 15.1. The Kier molecular flexibility index (Phi) is 3.06. The van der Waals surface area contributed by atoms with Crippen molar-refractivity contribution in [1.82, 2.24) is 15.2 Å². The molecule has 104 valence electrons. The Labute approximate surface area is 117 Å². The third-order valence-corrected chi connectivity index (χ3v) is 3.81. The van der Waals surface area contributed by atoms with Crippen LogP contribution in [0, 0.1) is 0 Å². The maximum absolute atomic E-state index is 12.3. The molecule has 0 atom stereocenters. The predicted octanol–water partition coefficient (Wildman–Crippen LogP) is 1.16. The molecule has 1 aromatic heterocycles. The quantitative estimate of drug-likeness (QED) is 0.763. The highest BCUT2D eigenvalue weighted by atomic mass is 16.1. The van der Waals surface area contributed by atoms with Gasteiger partial charge in [-0.3, -0.25) is 9.78 Å². The van der Waals surface area contributed by atoms with Crippen molar-refractivity contribution in [3.8, 4) is 0 Å². The van der Waals surface area contributed by atoms with E-state index in [-0.39, 0.29) is 5.91 Å². The van der Waals surface area contributed by atoms with Crippen LogP contribution in [0.5, 0.6) is 0 Å². The SMILES string of the molecule is CNC(=O)c1c2c(nc3ccc(N)cc13)CCN(C)C2. The van der Waals surface area contributed by atoms with Gasteiger partial charge >= 0.3 is 0 Å². The van der Waals surface area contributed by atoms with Crippen molar-refractivity contribution in [3.63, 3.8) is 0 Å². The lowest BCUT2D eigenvalue weighted by Gasteiger charge is -2.26. The number of nitrogens with two attached hydrogens (primary N) is 1. The topological polar surface area (TPSA) is 71.2 Å². The molecule has 2 heterocycles. The van der Waals surface area contributed by atoms with Crippen LogP contribution in [0.1, 0.15) is 21.6 Å². The van der Waals surface area contributed by atoms with E-state index in [1.165, 1.54) is 0 Å². The van der Waals surface area contributed by atoms with Crippen molar-refractivity contribution < 1.29 is 4.79 Å². The summed E-state index contributed by atoms with van der Waals surface area (Å²) in [4.78, 5) is 19.2. The Bertz CT molecular complexity index is 696. The van der Waals surface area contributed by atoms with Gasteiger partial charge in [-0.1, -0.05) is 0 Å². The van der Waals surface area contributed by atoms with Crippen molar-refractivity contribution in [3.05, 3.63) is 35.0 Å². The second kappa shape index (κ2) is 4.76.